The van der Waals surface area contributed by atoms with E-state index in [-0.39, 0.29) is 40.9 Å². The number of methoxy groups -OCH3 is 1. The lowest BCUT2D eigenvalue weighted by Crippen LogP contribution is -2.96. The molecule has 0 bridgehead atoms. The third kappa shape index (κ3) is 4.36. The highest BCUT2D eigenvalue weighted by molar-refractivity contribution is 7.90. The summed E-state index contributed by atoms with van der Waals surface area (Å²) in [6, 6.07) is 11.4. The van der Waals surface area contributed by atoms with E-state index in [1.165, 1.54) is 6.07 Å². The van der Waals surface area contributed by atoms with Crippen molar-refractivity contribution < 1.29 is 35.9 Å². The Labute approximate surface area is 282 Å². The predicted octanol–water partition coefficient (Wildman–Crippen LogP) is 5.53. The van der Waals surface area contributed by atoms with Crippen LogP contribution < -0.4 is 9.46 Å². The van der Waals surface area contributed by atoms with Gasteiger partial charge >= 0.3 is 6.18 Å². The smallest absolute Gasteiger partial charge is 0.404 e. The second-order valence-corrected chi connectivity index (χ2v) is 17.0. The molecule has 2 aromatic carbocycles. The molecule has 1 N–H and O–H groups in total. The van der Waals surface area contributed by atoms with E-state index in [1.807, 2.05) is 6.07 Å². The van der Waals surface area contributed by atoms with Crippen LogP contribution in [0.5, 0.6) is 5.75 Å². The molecule has 49 heavy (non-hydrogen) atoms. The Morgan fingerprint density at radius 1 is 1.04 bits per heavy atom. The van der Waals surface area contributed by atoms with Gasteiger partial charge in [0.2, 0.25) is 15.9 Å². The molecule has 5 fully saturated rings. The number of hydrogen-bond donors (Lipinski definition) is 1. The Bertz CT molecular complexity index is 2050. The average Bonchev–Trinajstić information content (AvgIpc) is 3.70. The molecule has 3 saturated carbocycles. The second kappa shape index (κ2) is 10.2. The van der Waals surface area contributed by atoms with Crippen LogP contribution >= 0.6 is 0 Å². The van der Waals surface area contributed by atoms with Crippen LogP contribution in [0.2, 0.25) is 0 Å². The Morgan fingerprint density at radius 2 is 1.82 bits per heavy atom. The van der Waals surface area contributed by atoms with E-state index in [9.17, 15) is 31.2 Å². The fraction of sp³-hybridized carbons (Fsp3) is 0.556. The highest BCUT2D eigenvalue weighted by atomic mass is 32.2. The van der Waals surface area contributed by atoms with Crippen molar-refractivity contribution in [2.24, 2.45) is 5.41 Å². The van der Waals surface area contributed by atoms with E-state index in [2.05, 4.69) is 33.5 Å². The second-order valence-electron chi connectivity index (χ2n) is 15.2. The first-order chi connectivity index (χ1) is 23.3. The number of piperazine rings is 1. The van der Waals surface area contributed by atoms with Crippen molar-refractivity contribution in [3.8, 4) is 17.0 Å². The van der Waals surface area contributed by atoms with E-state index in [4.69, 9.17) is 4.74 Å². The van der Waals surface area contributed by atoms with Crippen LogP contribution in [-0.4, -0.2) is 84.9 Å². The molecule has 9 rings (SSSR count). The molecule has 5 atom stereocenters. The van der Waals surface area contributed by atoms with Gasteiger partial charge in [-0.3, -0.25) is 14.5 Å². The molecular formula is C36H39F3N4O5S. The van der Waals surface area contributed by atoms with E-state index < -0.39 is 33.3 Å². The normalized spacial score (nSPS) is 30.3. The van der Waals surface area contributed by atoms with Gasteiger partial charge in [-0.25, -0.2) is 13.1 Å². The number of amides is 2. The molecule has 1 aromatic heterocycles. The standard InChI is InChI=1S/C36H39F3N4O5S/c1-41-17-29-35(41)13-12-28(35)43(29)33(45)34-16-26(34)25-15-22(48-2)9-11-23(25)31-30(20-6-4-3-5-7-20)24-10-8-21(14-27(24)42(31)18-34)32(44)40-49(46,47)19-36(37,38)39/h8-11,14-15,20,26,28-29H,3-7,12-13,16-19H2,1-2H3,(H,40,44). The lowest BCUT2D eigenvalue weighted by molar-refractivity contribution is -0.278. The molecule has 9 nitrogen and oxygen atoms in total. The average molecular weight is 697 g/mol. The van der Waals surface area contributed by atoms with E-state index in [1.54, 1.807) is 24.0 Å². The van der Waals surface area contributed by atoms with Gasteiger partial charge in [-0.1, -0.05) is 25.3 Å². The summed E-state index contributed by atoms with van der Waals surface area (Å²) in [5.41, 5.74) is 4.31. The first-order valence-corrected chi connectivity index (χ1v) is 18.9. The Morgan fingerprint density at radius 3 is 2.47 bits per heavy atom. The molecule has 13 heteroatoms. The Hall–Kier alpha value is -3.58. The number of sulfonamides is 1. The van der Waals surface area contributed by atoms with Gasteiger partial charge in [0.15, 0.2) is 5.75 Å². The first-order valence-electron chi connectivity index (χ1n) is 17.3. The Balaban J connectivity index is 1.20. The molecule has 3 aliphatic carbocycles. The van der Waals surface area contributed by atoms with Gasteiger partial charge in [0.05, 0.1) is 35.8 Å². The number of benzene rings is 2. The summed E-state index contributed by atoms with van der Waals surface area (Å²) in [6.07, 6.45) is 3.11. The molecule has 2 saturated heterocycles. The highest BCUT2D eigenvalue weighted by Crippen LogP contribution is 2.69. The van der Waals surface area contributed by atoms with Crippen LogP contribution in [0.3, 0.4) is 0 Å². The number of alkyl halides is 3. The van der Waals surface area contributed by atoms with Crippen LogP contribution in [0.1, 0.15) is 84.7 Å². The predicted molar refractivity (Wildman–Crippen MR) is 176 cm³/mol. The number of likely N-dealkylation sites (tertiary alicyclic amines) is 2. The highest BCUT2D eigenvalue weighted by Gasteiger charge is 2.78. The third-order valence-electron chi connectivity index (χ3n) is 12.8. The maximum Gasteiger partial charge on any atom is 0.404 e. The van der Waals surface area contributed by atoms with Crippen molar-refractivity contribution >= 4 is 32.7 Å². The number of nitrogens with one attached hydrogen (secondary N) is 1. The third-order valence-corrected chi connectivity index (χ3v) is 14.1. The summed E-state index contributed by atoms with van der Waals surface area (Å²) in [4.78, 5) is 32.6. The molecule has 3 aliphatic heterocycles. The summed E-state index contributed by atoms with van der Waals surface area (Å²) in [7, 11) is -1.18. The maximum absolute atomic E-state index is 14.9. The summed E-state index contributed by atoms with van der Waals surface area (Å²) >= 11 is 0. The van der Waals surface area contributed by atoms with Crippen LogP contribution in [0, 0.1) is 5.41 Å². The van der Waals surface area contributed by atoms with Gasteiger partial charge in [-0.05, 0) is 86.5 Å². The number of carbonyl (C=O) groups excluding carboxylic acids is 2. The quantitative estimate of drug-likeness (QED) is 0.364. The minimum absolute atomic E-state index is 0.0221. The van der Waals surface area contributed by atoms with Crippen LogP contribution in [0.15, 0.2) is 36.4 Å². The van der Waals surface area contributed by atoms with Gasteiger partial charge in [0.1, 0.15) is 5.75 Å². The molecular weight excluding hydrogens is 657 g/mol. The number of halogens is 3. The van der Waals surface area contributed by atoms with Crippen molar-refractivity contribution in [3.05, 3.63) is 53.1 Å². The molecule has 0 radical (unpaired) electrons. The summed E-state index contributed by atoms with van der Waals surface area (Å²) in [5.74, 6) is -2.16. The number of carbonyl (C=O) groups is 2. The van der Waals surface area contributed by atoms with Crippen LogP contribution in [-0.2, 0) is 21.4 Å². The van der Waals surface area contributed by atoms with Crippen molar-refractivity contribution in [1.29, 1.82) is 0 Å². The number of nitrogens with zero attached hydrogens (tertiary/aromatic N) is 3. The monoisotopic (exact) mass is 696 g/mol. The number of hydrogen-bond acceptors (Lipinski definition) is 6. The summed E-state index contributed by atoms with van der Waals surface area (Å²) in [6.45, 7) is 1.26. The molecule has 5 unspecified atom stereocenters. The summed E-state index contributed by atoms with van der Waals surface area (Å²) < 4.78 is 72.8. The fourth-order valence-electron chi connectivity index (χ4n) is 10.4. The molecule has 4 heterocycles. The Kier molecular flexibility index (Phi) is 6.56. The van der Waals surface area contributed by atoms with Gasteiger partial charge in [0, 0.05) is 41.0 Å². The lowest BCUT2D eigenvalue weighted by Gasteiger charge is -2.80. The van der Waals surface area contributed by atoms with Crippen LogP contribution in [0.4, 0.5) is 13.2 Å². The largest absolute Gasteiger partial charge is 0.497 e. The van der Waals surface area contributed by atoms with Gasteiger partial charge in [0.25, 0.3) is 5.91 Å². The molecule has 2 amide bonds. The lowest BCUT2D eigenvalue weighted by atomic mass is 9.52. The summed E-state index contributed by atoms with van der Waals surface area (Å²) in [5, 5.41) is 0.919. The van der Waals surface area contributed by atoms with E-state index in [0.717, 1.165) is 85.0 Å². The number of rotatable bonds is 6. The maximum atomic E-state index is 14.9. The van der Waals surface area contributed by atoms with Crippen molar-refractivity contribution in [1.82, 2.24) is 19.1 Å². The van der Waals surface area contributed by atoms with E-state index in [0.29, 0.717) is 18.5 Å². The fourth-order valence-corrected chi connectivity index (χ4v) is 11.3. The number of piperidine rings is 1. The molecule has 6 aliphatic rings. The van der Waals surface area contributed by atoms with E-state index >= 15 is 0 Å². The zero-order valence-electron chi connectivity index (χ0n) is 27.5. The molecule has 1 spiro atoms. The number of aromatic nitrogens is 1. The van der Waals surface area contributed by atoms with Gasteiger partial charge in [-0.15, -0.1) is 0 Å². The van der Waals surface area contributed by atoms with Gasteiger partial charge < -0.3 is 14.2 Å². The van der Waals surface area contributed by atoms with Gasteiger partial charge in [-0.2, -0.15) is 13.2 Å². The number of ether oxygens (including phenoxy) is 1. The minimum Gasteiger partial charge on any atom is -0.497 e. The van der Waals surface area contributed by atoms with Crippen molar-refractivity contribution in [2.75, 3.05) is 26.5 Å². The van der Waals surface area contributed by atoms with Crippen molar-refractivity contribution in [2.45, 2.75) is 93.5 Å². The number of fused-ring (bicyclic) bond motifs is 7. The topological polar surface area (TPSA) is 101 Å². The zero-order chi connectivity index (χ0) is 34.2. The first kappa shape index (κ1) is 31.4. The minimum atomic E-state index is -4.99. The molecule has 3 aromatic rings. The SMILES string of the molecule is COc1ccc2c(c1)C1CC1(C(=O)N1C3CCC34C1CN4C)Cn1c-2c(C2CCCCC2)c2ccc(C(=O)NS(=O)(=O)CC(F)(F)F)cc21. The molecule has 260 valence electrons. The van der Waals surface area contributed by atoms with Crippen molar-refractivity contribution in [3.63, 3.8) is 0 Å². The van der Waals surface area contributed by atoms with Crippen LogP contribution in [0.25, 0.3) is 22.2 Å². The number of likely N-dealkylation sites (N-methyl/N-ethyl adjacent to an activating group) is 1. The zero-order valence-corrected chi connectivity index (χ0v) is 28.3.